The van der Waals surface area contributed by atoms with E-state index in [0.29, 0.717) is 6.42 Å². The number of hydrogen-bond acceptors (Lipinski definition) is 6. The summed E-state index contributed by atoms with van der Waals surface area (Å²) in [5.74, 6) is -2.44. The van der Waals surface area contributed by atoms with Gasteiger partial charge >= 0.3 is 12.1 Å². The van der Waals surface area contributed by atoms with E-state index in [2.05, 4.69) is 16.0 Å². The van der Waals surface area contributed by atoms with Crippen LogP contribution in [0.3, 0.4) is 0 Å². The van der Waals surface area contributed by atoms with E-state index in [0.717, 1.165) is 11.1 Å². The first-order valence-corrected chi connectivity index (χ1v) is 12.2. The minimum absolute atomic E-state index is 0.00345. The molecule has 10 nitrogen and oxygen atoms in total. The second-order valence-electron chi connectivity index (χ2n) is 9.25. The van der Waals surface area contributed by atoms with Crippen LogP contribution >= 0.6 is 0 Å². The molecule has 0 radical (unpaired) electrons. The number of carbonyl (C=O) groups excluding carboxylic acids is 3. The van der Waals surface area contributed by atoms with Crippen LogP contribution in [0, 0.1) is 5.92 Å². The number of ether oxygens (including phenoxy) is 2. The summed E-state index contributed by atoms with van der Waals surface area (Å²) in [6.45, 7) is 3.15. The number of aliphatic carboxylic acids is 1. The molecule has 0 aromatic heterocycles. The molecule has 3 rings (SSSR count). The van der Waals surface area contributed by atoms with E-state index in [1.807, 2.05) is 60.7 Å². The molecule has 198 valence electrons. The van der Waals surface area contributed by atoms with Gasteiger partial charge in [0.1, 0.15) is 18.8 Å². The van der Waals surface area contributed by atoms with Crippen LogP contribution in [0.5, 0.6) is 0 Å². The van der Waals surface area contributed by atoms with Crippen molar-refractivity contribution in [3.05, 3.63) is 71.8 Å². The SMILES string of the molecule is CC(C)[C@H](NC(=O)CNC(=O)C[C@H]1O[C@@H]1[C@H](Cc1ccccc1)NC(=O)OCc1ccccc1)C(=O)O. The molecule has 0 bridgehead atoms. The normalized spacial score (nSPS) is 17.8. The van der Waals surface area contributed by atoms with Gasteiger partial charge in [-0.05, 0) is 23.5 Å². The van der Waals surface area contributed by atoms with Crippen molar-refractivity contribution in [1.29, 1.82) is 0 Å². The Kier molecular flexibility index (Phi) is 10.0. The van der Waals surface area contributed by atoms with E-state index in [1.165, 1.54) is 0 Å². The van der Waals surface area contributed by atoms with E-state index in [-0.39, 0.29) is 25.5 Å². The highest BCUT2D eigenvalue weighted by Gasteiger charge is 2.46. The van der Waals surface area contributed by atoms with Gasteiger partial charge in [-0.3, -0.25) is 9.59 Å². The molecule has 2 aromatic carbocycles. The number of hydrogen-bond donors (Lipinski definition) is 4. The van der Waals surface area contributed by atoms with Crippen LogP contribution in [0.1, 0.15) is 31.4 Å². The van der Waals surface area contributed by atoms with Crippen LogP contribution in [0.25, 0.3) is 0 Å². The fraction of sp³-hybridized carbons (Fsp3) is 0.407. The van der Waals surface area contributed by atoms with Gasteiger partial charge in [-0.2, -0.15) is 0 Å². The third-order valence-electron chi connectivity index (χ3n) is 5.91. The first-order valence-electron chi connectivity index (χ1n) is 12.2. The summed E-state index contributed by atoms with van der Waals surface area (Å²) in [5.41, 5.74) is 1.85. The summed E-state index contributed by atoms with van der Waals surface area (Å²) in [4.78, 5) is 48.1. The average molecular weight is 512 g/mol. The van der Waals surface area contributed by atoms with Crippen molar-refractivity contribution in [2.24, 2.45) is 5.92 Å². The fourth-order valence-corrected chi connectivity index (χ4v) is 3.88. The quantitative estimate of drug-likeness (QED) is 0.301. The molecule has 10 heteroatoms. The number of epoxide rings is 1. The predicted octanol–water partition coefficient (Wildman–Crippen LogP) is 2.02. The Hall–Kier alpha value is -3.92. The Morgan fingerprint density at radius 1 is 0.919 bits per heavy atom. The van der Waals surface area contributed by atoms with Gasteiger partial charge in [-0.1, -0.05) is 74.5 Å². The Morgan fingerprint density at radius 2 is 1.54 bits per heavy atom. The second-order valence-corrected chi connectivity index (χ2v) is 9.25. The molecule has 0 unspecified atom stereocenters. The smallest absolute Gasteiger partial charge is 0.407 e. The van der Waals surface area contributed by atoms with Gasteiger partial charge in [-0.25, -0.2) is 9.59 Å². The highest BCUT2D eigenvalue weighted by molar-refractivity contribution is 5.88. The lowest BCUT2D eigenvalue weighted by atomic mass is 10.0. The van der Waals surface area contributed by atoms with Gasteiger partial charge in [0, 0.05) is 0 Å². The predicted molar refractivity (Wildman–Crippen MR) is 134 cm³/mol. The molecular weight excluding hydrogens is 478 g/mol. The van der Waals surface area contributed by atoms with Crippen LogP contribution in [0.15, 0.2) is 60.7 Å². The summed E-state index contributed by atoms with van der Waals surface area (Å²) in [5, 5.41) is 16.9. The Morgan fingerprint density at radius 3 is 2.14 bits per heavy atom. The van der Waals surface area contributed by atoms with E-state index >= 15 is 0 Å². The van der Waals surface area contributed by atoms with Gasteiger partial charge in [-0.15, -0.1) is 0 Å². The van der Waals surface area contributed by atoms with E-state index < -0.39 is 48.2 Å². The fourth-order valence-electron chi connectivity index (χ4n) is 3.88. The number of carbonyl (C=O) groups is 4. The lowest BCUT2D eigenvalue weighted by molar-refractivity contribution is -0.143. The highest BCUT2D eigenvalue weighted by atomic mass is 16.6. The largest absolute Gasteiger partial charge is 0.480 e. The number of rotatable bonds is 13. The lowest BCUT2D eigenvalue weighted by Gasteiger charge is -2.18. The van der Waals surface area contributed by atoms with Crippen molar-refractivity contribution in [2.75, 3.05) is 6.54 Å². The molecule has 1 heterocycles. The zero-order valence-electron chi connectivity index (χ0n) is 20.9. The van der Waals surface area contributed by atoms with Gasteiger partial charge in [0.2, 0.25) is 11.8 Å². The molecule has 2 aromatic rings. The third kappa shape index (κ3) is 9.23. The van der Waals surface area contributed by atoms with Crippen LogP contribution < -0.4 is 16.0 Å². The summed E-state index contributed by atoms with van der Waals surface area (Å²) in [6.07, 6.45) is -0.942. The number of carboxylic acids is 1. The number of alkyl carbamates (subject to hydrolysis) is 1. The van der Waals surface area contributed by atoms with E-state index in [1.54, 1.807) is 13.8 Å². The summed E-state index contributed by atoms with van der Waals surface area (Å²) in [7, 11) is 0. The number of amides is 3. The average Bonchev–Trinajstić information content (AvgIpc) is 3.64. The first-order chi connectivity index (χ1) is 17.7. The maximum absolute atomic E-state index is 12.5. The van der Waals surface area contributed by atoms with Crippen LogP contribution in [0.2, 0.25) is 0 Å². The maximum Gasteiger partial charge on any atom is 0.407 e. The van der Waals surface area contributed by atoms with Crippen molar-refractivity contribution in [1.82, 2.24) is 16.0 Å². The molecule has 37 heavy (non-hydrogen) atoms. The van der Waals surface area contributed by atoms with E-state index in [9.17, 15) is 24.3 Å². The lowest BCUT2D eigenvalue weighted by Crippen LogP contribution is -2.48. The number of carboxylic acid groups (broad SMARTS) is 1. The molecule has 1 saturated heterocycles. The Bertz CT molecular complexity index is 1060. The van der Waals surface area contributed by atoms with Crippen LogP contribution in [-0.4, -0.2) is 59.8 Å². The summed E-state index contributed by atoms with van der Waals surface area (Å²) >= 11 is 0. The zero-order valence-corrected chi connectivity index (χ0v) is 20.9. The topological polar surface area (TPSA) is 146 Å². The van der Waals surface area contributed by atoms with Crippen LogP contribution in [-0.2, 0) is 36.9 Å². The van der Waals surface area contributed by atoms with Gasteiger partial charge in [0.05, 0.1) is 25.1 Å². The monoisotopic (exact) mass is 511 g/mol. The molecule has 1 aliphatic heterocycles. The molecule has 1 fully saturated rings. The molecule has 0 saturated carbocycles. The second kappa shape index (κ2) is 13.4. The summed E-state index contributed by atoms with van der Waals surface area (Å²) in [6, 6.07) is 17.4. The molecule has 1 aliphatic rings. The van der Waals surface area contributed by atoms with Crippen molar-refractivity contribution in [3.8, 4) is 0 Å². The molecule has 4 atom stereocenters. The maximum atomic E-state index is 12.5. The van der Waals surface area contributed by atoms with Crippen molar-refractivity contribution >= 4 is 23.9 Å². The highest BCUT2D eigenvalue weighted by Crippen LogP contribution is 2.30. The molecule has 3 amide bonds. The standard InChI is InChI=1S/C27H33N3O7/c1-17(2)24(26(33)34)30-23(32)15-28-22(31)14-21-25(37-21)20(13-18-9-5-3-6-10-18)29-27(35)36-16-19-11-7-4-8-12-19/h3-12,17,20-21,24-25H,13-16H2,1-2H3,(H,28,31)(H,29,35)(H,30,32)(H,33,34)/t20-,21+,24-,25+/m0/s1. The van der Waals surface area contributed by atoms with Crippen molar-refractivity contribution in [3.63, 3.8) is 0 Å². The van der Waals surface area contributed by atoms with Gasteiger partial charge < -0.3 is 30.5 Å². The van der Waals surface area contributed by atoms with Crippen molar-refractivity contribution < 1.29 is 33.8 Å². The van der Waals surface area contributed by atoms with Crippen LogP contribution in [0.4, 0.5) is 4.79 Å². The molecule has 0 spiro atoms. The molecular formula is C27H33N3O7. The van der Waals surface area contributed by atoms with E-state index in [4.69, 9.17) is 9.47 Å². The van der Waals surface area contributed by atoms with Crippen molar-refractivity contribution in [2.45, 2.75) is 57.6 Å². The zero-order chi connectivity index (χ0) is 26.8. The molecule has 4 N–H and O–H groups in total. The Labute approximate surface area is 215 Å². The number of benzene rings is 2. The van der Waals surface area contributed by atoms with Gasteiger partial charge in [0.25, 0.3) is 0 Å². The van der Waals surface area contributed by atoms with Gasteiger partial charge in [0.15, 0.2) is 0 Å². The first kappa shape index (κ1) is 27.7. The molecule has 0 aliphatic carbocycles. The summed E-state index contributed by atoms with van der Waals surface area (Å²) < 4.78 is 11.1. The minimum Gasteiger partial charge on any atom is -0.480 e. The number of nitrogens with one attached hydrogen (secondary N) is 3. The Balaban J connectivity index is 1.49. The third-order valence-corrected chi connectivity index (χ3v) is 5.91. The minimum atomic E-state index is -1.14.